The van der Waals surface area contributed by atoms with Crippen molar-refractivity contribution in [3.63, 3.8) is 0 Å². The molecule has 3 aromatic rings. The zero-order chi connectivity index (χ0) is 17.1. The van der Waals surface area contributed by atoms with E-state index >= 15 is 0 Å². The van der Waals surface area contributed by atoms with Crippen molar-refractivity contribution in [2.75, 3.05) is 0 Å². The molecule has 2 aromatic carbocycles. The highest BCUT2D eigenvalue weighted by Crippen LogP contribution is 2.20. The van der Waals surface area contributed by atoms with Crippen LogP contribution in [0.3, 0.4) is 0 Å². The first-order chi connectivity index (χ1) is 11.6. The van der Waals surface area contributed by atoms with E-state index in [-0.39, 0.29) is 11.3 Å². The highest BCUT2D eigenvalue weighted by Gasteiger charge is 2.12. The van der Waals surface area contributed by atoms with Crippen LogP contribution in [0.5, 0.6) is 5.75 Å². The molecule has 0 fully saturated rings. The molecule has 0 spiro atoms. The van der Waals surface area contributed by atoms with Crippen molar-refractivity contribution < 1.29 is 19.6 Å². The van der Waals surface area contributed by atoms with Crippen LogP contribution >= 0.6 is 0 Å². The number of aromatic nitrogens is 1. The first-order valence-corrected chi connectivity index (χ1v) is 7.76. The maximum absolute atomic E-state index is 10.9. The van der Waals surface area contributed by atoms with Crippen molar-refractivity contribution in [3.8, 4) is 5.75 Å². The Hall–Kier alpha value is -3.14. The summed E-state index contributed by atoms with van der Waals surface area (Å²) in [5.74, 6) is -1.37. The molecule has 0 radical (unpaired) electrons. The number of carboxylic acid groups (broad SMARTS) is 1. The van der Waals surface area contributed by atoms with Gasteiger partial charge in [-0.05, 0) is 42.8 Å². The number of hydrogen-bond acceptors (Lipinski definition) is 2. The summed E-state index contributed by atoms with van der Waals surface area (Å²) in [6.07, 6.45) is 3.83. The molecule has 1 aromatic heterocycles. The summed E-state index contributed by atoms with van der Waals surface area (Å²) in [4.78, 5) is 10.9. The second kappa shape index (κ2) is 6.54. The van der Waals surface area contributed by atoms with Crippen LogP contribution in [-0.2, 0) is 6.54 Å². The van der Waals surface area contributed by atoms with Gasteiger partial charge in [0.15, 0.2) is 0 Å². The van der Waals surface area contributed by atoms with Gasteiger partial charge in [-0.1, -0.05) is 18.2 Å². The second-order valence-corrected chi connectivity index (χ2v) is 5.48. The number of rotatable bonds is 4. The summed E-state index contributed by atoms with van der Waals surface area (Å²) < 4.78 is 2.21. The van der Waals surface area contributed by atoms with Gasteiger partial charge in [0.2, 0.25) is 11.2 Å². The molecule has 0 amide bonds. The molecule has 0 unspecified atom stereocenters. The summed E-state index contributed by atoms with van der Waals surface area (Å²) in [6, 6.07) is 16.9. The van der Waals surface area contributed by atoms with Gasteiger partial charge in [-0.3, -0.25) is 0 Å². The van der Waals surface area contributed by atoms with Crippen LogP contribution in [0, 0.1) is 0 Å². The first kappa shape index (κ1) is 15.7. The average molecular weight is 320 g/mol. The van der Waals surface area contributed by atoms with Gasteiger partial charge < -0.3 is 10.2 Å². The normalized spacial score (nSPS) is 11.2. The number of hydrogen-bond donors (Lipinski definition) is 2. The van der Waals surface area contributed by atoms with Gasteiger partial charge in [-0.2, -0.15) is 4.57 Å². The van der Waals surface area contributed by atoms with Crippen molar-refractivity contribution in [3.05, 3.63) is 71.4 Å². The van der Waals surface area contributed by atoms with Crippen LogP contribution in [0.25, 0.3) is 23.1 Å². The Bertz CT molecular complexity index is 945. The lowest BCUT2D eigenvalue weighted by Gasteiger charge is -2.03. The molecule has 1 heterocycles. The Labute approximate surface area is 139 Å². The minimum Gasteiger partial charge on any atom is -0.507 e. The van der Waals surface area contributed by atoms with Crippen LogP contribution in [0.2, 0.25) is 0 Å². The quantitative estimate of drug-likeness (QED) is 0.720. The number of carboxylic acids is 1. The Morgan fingerprint density at radius 2 is 1.88 bits per heavy atom. The predicted octanol–water partition coefficient (Wildman–Crippen LogP) is 3.72. The third-order valence-corrected chi connectivity index (χ3v) is 3.99. The van der Waals surface area contributed by atoms with Gasteiger partial charge in [0.25, 0.3) is 0 Å². The Balaban J connectivity index is 1.99. The van der Waals surface area contributed by atoms with E-state index in [0.29, 0.717) is 0 Å². The molecule has 120 valence electrons. The highest BCUT2D eigenvalue weighted by atomic mass is 16.4. The van der Waals surface area contributed by atoms with Gasteiger partial charge in [-0.25, -0.2) is 4.79 Å². The third-order valence-electron chi connectivity index (χ3n) is 3.99. The fourth-order valence-corrected chi connectivity index (χ4v) is 2.79. The lowest BCUT2D eigenvalue weighted by atomic mass is 10.1. The van der Waals surface area contributed by atoms with Crippen LogP contribution < -0.4 is 4.57 Å². The van der Waals surface area contributed by atoms with Crippen molar-refractivity contribution >= 4 is 29.0 Å². The van der Waals surface area contributed by atoms with Crippen molar-refractivity contribution in [2.24, 2.45) is 0 Å². The average Bonchev–Trinajstić information content (AvgIpc) is 2.59. The number of aromatic carboxylic acids is 1. The summed E-state index contributed by atoms with van der Waals surface area (Å²) in [5, 5.41) is 19.9. The molecule has 0 aliphatic rings. The molecule has 0 atom stereocenters. The Morgan fingerprint density at radius 3 is 2.58 bits per heavy atom. The van der Waals surface area contributed by atoms with Crippen LogP contribution in [0.4, 0.5) is 0 Å². The number of fused-ring (bicyclic) bond motifs is 1. The molecule has 0 aliphatic carbocycles. The second-order valence-electron chi connectivity index (χ2n) is 5.48. The minimum atomic E-state index is -1.14. The van der Waals surface area contributed by atoms with Crippen molar-refractivity contribution in [1.82, 2.24) is 0 Å². The first-order valence-electron chi connectivity index (χ1n) is 7.76. The molecule has 0 saturated heterocycles. The van der Waals surface area contributed by atoms with Crippen LogP contribution in [0.1, 0.15) is 28.5 Å². The molecule has 4 nitrogen and oxygen atoms in total. The van der Waals surface area contributed by atoms with Gasteiger partial charge in [-0.15, -0.1) is 0 Å². The molecule has 4 heteroatoms. The fourth-order valence-electron chi connectivity index (χ4n) is 2.79. The number of para-hydroxylation sites is 1. The third kappa shape index (κ3) is 2.99. The maximum atomic E-state index is 10.9. The number of nitrogens with zero attached hydrogens (tertiary/aromatic N) is 1. The molecule has 0 saturated carbocycles. The number of pyridine rings is 1. The van der Waals surface area contributed by atoms with E-state index in [1.807, 2.05) is 30.4 Å². The minimum absolute atomic E-state index is 0.0959. The molecule has 24 heavy (non-hydrogen) atoms. The summed E-state index contributed by atoms with van der Waals surface area (Å²) in [5.41, 5.74) is 2.85. The lowest BCUT2D eigenvalue weighted by Crippen LogP contribution is -2.36. The van der Waals surface area contributed by atoms with Crippen LogP contribution in [0.15, 0.2) is 54.6 Å². The topological polar surface area (TPSA) is 61.4 Å². The van der Waals surface area contributed by atoms with E-state index in [4.69, 9.17) is 5.11 Å². The predicted molar refractivity (Wildman–Crippen MR) is 93.8 cm³/mol. The van der Waals surface area contributed by atoms with E-state index in [1.54, 1.807) is 6.07 Å². The summed E-state index contributed by atoms with van der Waals surface area (Å²) in [6.45, 7) is 2.93. The molecule has 2 N–H and O–H groups in total. The number of aromatic hydroxyl groups is 1. The number of benzene rings is 2. The van der Waals surface area contributed by atoms with E-state index in [2.05, 4.69) is 29.7 Å². The van der Waals surface area contributed by atoms with E-state index in [9.17, 15) is 9.90 Å². The van der Waals surface area contributed by atoms with Gasteiger partial charge in [0.1, 0.15) is 17.9 Å². The molecular formula is C20H18NO3+. The zero-order valence-corrected chi connectivity index (χ0v) is 13.3. The smallest absolute Gasteiger partial charge is 0.339 e. The largest absolute Gasteiger partial charge is 0.507 e. The van der Waals surface area contributed by atoms with Gasteiger partial charge in [0.05, 0.1) is 0 Å². The molecule has 0 bridgehead atoms. The Kier molecular flexibility index (Phi) is 4.29. The number of carbonyl (C=O) groups is 1. The van der Waals surface area contributed by atoms with E-state index < -0.39 is 5.97 Å². The summed E-state index contributed by atoms with van der Waals surface area (Å²) in [7, 11) is 0. The van der Waals surface area contributed by atoms with Crippen LogP contribution in [-0.4, -0.2) is 16.2 Å². The summed E-state index contributed by atoms with van der Waals surface area (Å²) >= 11 is 0. The Morgan fingerprint density at radius 1 is 1.08 bits per heavy atom. The van der Waals surface area contributed by atoms with E-state index in [1.165, 1.54) is 17.5 Å². The number of phenols is 1. The molecular weight excluding hydrogens is 302 g/mol. The standard InChI is InChI=1S/C20H17NO3/c1-2-21-16(11-9-15-5-3-4-6-18(15)21)10-7-14-8-12-17(20(23)24)19(22)13-14/h3-13H,2H2,1H3,(H-,22,23,24)/p+1/b10-7+. The molecule has 0 aliphatic heterocycles. The van der Waals surface area contributed by atoms with Crippen molar-refractivity contribution in [2.45, 2.75) is 13.5 Å². The highest BCUT2D eigenvalue weighted by molar-refractivity contribution is 5.91. The lowest BCUT2D eigenvalue weighted by molar-refractivity contribution is -0.669. The van der Waals surface area contributed by atoms with Gasteiger partial charge >= 0.3 is 5.97 Å². The number of aryl methyl sites for hydroxylation is 1. The monoisotopic (exact) mass is 320 g/mol. The van der Waals surface area contributed by atoms with Gasteiger partial charge in [0, 0.05) is 23.6 Å². The van der Waals surface area contributed by atoms with Crippen molar-refractivity contribution in [1.29, 1.82) is 0 Å². The zero-order valence-electron chi connectivity index (χ0n) is 13.3. The van der Waals surface area contributed by atoms with E-state index in [0.717, 1.165) is 23.3 Å². The molecule has 3 rings (SSSR count). The fraction of sp³-hybridized carbons (Fsp3) is 0.100. The SMILES string of the molecule is CC[n+]1c(/C=C/c2ccc(C(=O)O)c(O)c2)ccc2ccccc21. The maximum Gasteiger partial charge on any atom is 0.339 e.